The van der Waals surface area contributed by atoms with Gasteiger partial charge in [0, 0.05) is 13.1 Å². The molecule has 0 unspecified atom stereocenters. The van der Waals surface area contributed by atoms with E-state index in [1.165, 1.54) is 4.90 Å². The molecule has 0 atom stereocenters. The van der Waals surface area contributed by atoms with Crippen molar-refractivity contribution in [3.05, 3.63) is 12.7 Å². The van der Waals surface area contributed by atoms with E-state index in [0.717, 1.165) is 0 Å². The van der Waals surface area contributed by atoms with Gasteiger partial charge in [-0.3, -0.25) is 0 Å². The summed E-state index contributed by atoms with van der Waals surface area (Å²) in [6.45, 7) is 15.5. The number of nitrogens with zero attached hydrogens (tertiary/aromatic N) is 1. The first kappa shape index (κ1) is 16.2. The minimum Gasteiger partial charge on any atom is -0.465 e. The topological polar surface area (TPSA) is 49.8 Å². The van der Waals surface area contributed by atoms with Gasteiger partial charge in [0.1, 0.15) is 0 Å². The van der Waals surface area contributed by atoms with Crippen LogP contribution in [0, 0.1) is 0 Å². The van der Waals surface area contributed by atoms with Crippen LogP contribution < -0.4 is 0 Å². The standard InChI is InChI=1S/C12H25NO3Si/c1-7-8-13(11(14)15)9-10-16-17(5,6)12(2,3)4/h7H,1,8-10H2,2-6H3,(H,14,15). The first-order valence-electron chi connectivity index (χ1n) is 5.84. The average Bonchev–Trinajstić information content (AvgIpc) is 2.14. The molecule has 5 heteroatoms. The highest BCUT2D eigenvalue weighted by molar-refractivity contribution is 6.74. The Morgan fingerprint density at radius 3 is 2.35 bits per heavy atom. The van der Waals surface area contributed by atoms with Crippen LogP contribution >= 0.6 is 0 Å². The van der Waals surface area contributed by atoms with Crippen LogP contribution in [0.25, 0.3) is 0 Å². The molecule has 0 aliphatic rings. The molecule has 100 valence electrons. The Labute approximate surface area is 105 Å². The van der Waals surface area contributed by atoms with E-state index in [9.17, 15) is 4.79 Å². The summed E-state index contributed by atoms with van der Waals surface area (Å²) in [6.07, 6.45) is 0.657. The summed E-state index contributed by atoms with van der Waals surface area (Å²) in [5.74, 6) is 0. The summed E-state index contributed by atoms with van der Waals surface area (Å²) < 4.78 is 5.92. The van der Waals surface area contributed by atoms with Crippen molar-refractivity contribution in [1.29, 1.82) is 0 Å². The number of carbonyl (C=O) groups is 1. The Morgan fingerprint density at radius 2 is 2.00 bits per heavy atom. The van der Waals surface area contributed by atoms with Gasteiger partial charge in [0.05, 0.1) is 6.61 Å². The third-order valence-corrected chi connectivity index (χ3v) is 7.79. The summed E-state index contributed by atoms with van der Waals surface area (Å²) >= 11 is 0. The molecule has 0 saturated heterocycles. The zero-order valence-corrected chi connectivity index (χ0v) is 12.6. The molecule has 0 radical (unpaired) electrons. The van der Waals surface area contributed by atoms with Crippen molar-refractivity contribution in [1.82, 2.24) is 4.90 Å². The largest absolute Gasteiger partial charge is 0.465 e. The van der Waals surface area contributed by atoms with Gasteiger partial charge in [-0.2, -0.15) is 0 Å². The van der Waals surface area contributed by atoms with Crippen molar-refractivity contribution >= 4 is 14.4 Å². The molecule has 0 spiro atoms. The Balaban J connectivity index is 4.21. The summed E-state index contributed by atoms with van der Waals surface area (Å²) in [4.78, 5) is 12.2. The normalized spacial score (nSPS) is 12.3. The third kappa shape index (κ3) is 5.36. The number of hydrogen-bond donors (Lipinski definition) is 1. The van der Waals surface area contributed by atoms with Gasteiger partial charge < -0.3 is 14.4 Å². The highest BCUT2D eigenvalue weighted by Crippen LogP contribution is 2.36. The van der Waals surface area contributed by atoms with Gasteiger partial charge in [-0.25, -0.2) is 4.79 Å². The molecular weight excluding hydrogens is 234 g/mol. The average molecular weight is 259 g/mol. The maximum absolute atomic E-state index is 10.9. The maximum atomic E-state index is 10.9. The Kier molecular flexibility index (Phi) is 5.91. The van der Waals surface area contributed by atoms with Crippen LogP contribution in [0.15, 0.2) is 12.7 Å². The SMILES string of the molecule is C=CCN(CCO[Si](C)(C)C(C)(C)C)C(=O)O. The molecule has 0 aliphatic heterocycles. The monoisotopic (exact) mass is 259 g/mol. The van der Waals surface area contributed by atoms with Crippen LogP contribution in [0.5, 0.6) is 0 Å². The molecule has 4 nitrogen and oxygen atoms in total. The van der Waals surface area contributed by atoms with Crippen molar-refractivity contribution < 1.29 is 14.3 Å². The predicted octanol–water partition coefficient (Wildman–Crippen LogP) is 3.17. The molecule has 1 amide bonds. The van der Waals surface area contributed by atoms with Gasteiger partial charge in [0.25, 0.3) is 0 Å². The summed E-state index contributed by atoms with van der Waals surface area (Å²) in [5.41, 5.74) is 0. The molecule has 0 aliphatic carbocycles. The molecular formula is C12H25NO3Si. The second kappa shape index (κ2) is 6.21. The van der Waals surface area contributed by atoms with Crippen molar-refractivity contribution in [3.8, 4) is 0 Å². The smallest absolute Gasteiger partial charge is 0.407 e. The van der Waals surface area contributed by atoms with Crippen LogP contribution in [0.4, 0.5) is 4.79 Å². The van der Waals surface area contributed by atoms with E-state index in [2.05, 4.69) is 40.4 Å². The zero-order valence-electron chi connectivity index (χ0n) is 11.6. The summed E-state index contributed by atoms with van der Waals surface area (Å²) in [6, 6.07) is 0. The molecule has 0 fully saturated rings. The van der Waals surface area contributed by atoms with Crippen LogP contribution in [0.3, 0.4) is 0 Å². The lowest BCUT2D eigenvalue weighted by atomic mass is 10.2. The predicted molar refractivity (Wildman–Crippen MR) is 72.9 cm³/mol. The molecule has 0 saturated carbocycles. The summed E-state index contributed by atoms with van der Waals surface area (Å²) in [5, 5.41) is 9.08. The second-order valence-electron chi connectivity index (χ2n) is 5.63. The molecule has 0 aromatic carbocycles. The van der Waals surface area contributed by atoms with E-state index in [1.807, 2.05) is 0 Å². The van der Waals surface area contributed by atoms with E-state index in [-0.39, 0.29) is 5.04 Å². The van der Waals surface area contributed by atoms with Crippen molar-refractivity contribution in [3.63, 3.8) is 0 Å². The number of rotatable bonds is 6. The number of amides is 1. The van der Waals surface area contributed by atoms with Gasteiger partial charge in [-0.05, 0) is 18.1 Å². The van der Waals surface area contributed by atoms with Gasteiger partial charge in [0.2, 0.25) is 0 Å². The Morgan fingerprint density at radius 1 is 1.47 bits per heavy atom. The quantitative estimate of drug-likeness (QED) is 0.589. The molecule has 0 bridgehead atoms. The lowest BCUT2D eigenvalue weighted by Crippen LogP contribution is -2.43. The maximum Gasteiger partial charge on any atom is 0.407 e. The van der Waals surface area contributed by atoms with E-state index >= 15 is 0 Å². The summed E-state index contributed by atoms with van der Waals surface area (Å²) in [7, 11) is -1.77. The van der Waals surface area contributed by atoms with Crippen LogP contribution in [-0.4, -0.2) is 44.1 Å². The first-order chi connectivity index (χ1) is 7.62. The Hall–Kier alpha value is -0.813. The molecule has 0 rings (SSSR count). The Bertz CT molecular complexity index is 271. The molecule has 0 aromatic rings. The van der Waals surface area contributed by atoms with Crippen LogP contribution in [-0.2, 0) is 4.43 Å². The zero-order chi connectivity index (χ0) is 13.7. The second-order valence-corrected chi connectivity index (χ2v) is 10.4. The van der Waals surface area contributed by atoms with E-state index in [1.54, 1.807) is 6.08 Å². The van der Waals surface area contributed by atoms with Crippen molar-refractivity contribution in [2.45, 2.75) is 38.9 Å². The van der Waals surface area contributed by atoms with E-state index < -0.39 is 14.4 Å². The highest BCUT2D eigenvalue weighted by atomic mass is 28.4. The lowest BCUT2D eigenvalue weighted by molar-refractivity contribution is 0.139. The fraction of sp³-hybridized carbons (Fsp3) is 0.750. The molecule has 0 heterocycles. The molecule has 1 N–H and O–H groups in total. The fourth-order valence-corrected chi connectivity index (χ4v) is 2.08. The molecule has 0 aromatic heterocycles. The minimum absolute atomic E-state index is 0.152. The fourth-order valence-electron chi connectivity index (χ4n) is 1.05. The van der Waals surface area contributed by atoms with Gasteiger partial charge in [-0.1, -0.05) is 26.8 Å². The van der Waals surface area contributed by atoms with Crippen molar-refractivity contribution in [2.75, 3.05) is 19.7 Å². The van der Waals surface area contributed by atoms with E-state index in [4.69, 9.17) is 9.53 Å². The first-order valence-corrected chi connectivity index (χ1v) is 8.75. The van der Waals surface area contributed by atoms with Gasteiger partial charge >= 0.3 is 6.09 Å². The van der Waals surface area contributed by atoms with Crippen LogP contribution in [0.2, 0.25) is 18.1 Å². The van der Waals surface area contributed by atoms with Crippen molar-refractivity contribution in [2.24, 2.45) is 0 Å². The number of carboxylic acid groups (broad SMARTS) is 1. The van der Waals surface area contributed by atoms with Gasteiger partial charge in [-0.15, -0.1) is 6.58 Å². The van der Waals surface area contributed by atoms with Crippen LogP contribution in [0.1, 0.15) is 20.8 Å². The van der Waals surface area contributed by atoms with Gasteiger partial charge in [0.15, 0.2) is 8.32 Å². The lowest BCUT2D eigenvalue weighted by Gasteiger charge is -2.36. The minimum atomic E-state index is -1.77. The number of hydrogen-bond acceptors (Lipinski definition) is 2. The third-order valence-electron chi connectivity index (χ3n) is 3.25. The van der Waals surface area contributed by atoms with E-state index in [0.29, 0.717) is 19.7 Å². The highest BCUT2D eigenvalue weighted by Gasteiger charge is 2.37. The molecule has 17 heavy (non-hydrogen) atoms.